The minimum Gasteiger partial charge on any atom is -0.378 e. The van der Waals surface area contributed by atoms with Gasteiger partial charge in [0.15, 0.2) is 0 Å². The molecule has 2 heterocycles. The van der Waals surface area contributed by atoms with Crippen LogP contribution in [0.15, 0.2) is 67.0 Å². The lowest BCUT2D eigenvalue weighted by molar-refractivity contribution is 0.100. The largest absolute Gasteiger partial charge is 0.378 e. The molecule has 2 aromatic carbocycles. The Labute approximate surface area is 167 Å². The molecule has 0 aliphatic rings. The third kappa shape index (κ3) is 3.54. The molecule has 0 radical (unpaired) electrons. The van der Waals surface area contributed by atoms with Gasteiger partial charge in [0.2, 0.25) is 0 Å². The van der Waals surface area contributed by atoms with Crippen molar-refractivity contribution in [2.75, 3.05) is 24.3 Å². The fraction of sp³-hybridized carbons (Fsp3) is 0.0909. The Balaban J connectivity index is 1.58. The highest BCUT2D eigenvalue weighted by atomic mass is 32.1. The maximum Gasteiger partial charge on any atom is 0.258 e. The van der Waals surface area contributed by atoms with Crippen LogP contribution in [0.25, 0.3) is 21.2 Å². The maximum atomic E-state index is 11.5. The number of nitrogens with one attached hydrogen (secondary N) is 1. The zero-order valence-corrected chi connectivity index (χ0v) is 16.5. The number of carbonyl (C=O) groups excluding carboxylic acids is 1. The minimum atomic E-state index is -0.420. The van der Waals surface area contributed by atoms with Gasteiger partial charge in [-0.2, -0.15) is 0 Å². The fourth-order valence-corrected chi connectivity index (χ4v) is 3.94. The highest BCUT2D eigenvalue weighted by Crippen LogP contribution is 2.32. The summed E-state index contributed by atoms with van der Waals surface area (Å²) in [5, 5.41) is 4.33. The van der Waals surface area contributed by atoms with Crippen LogP contribution in [0.4, 0.5) is 17.1 Å². The van der Waals surface area contributed by atoms with E-state index < -0.39 is 5.91 Å². The van der Waals surface area contributed by atoms with Crippen LogP contribution in [0, 0.1) is 0 Å². The van der Waals surface area contributed by atoms with Crippen LogP contribution in [0.1, 0.15) is 9.67 Å². The predicted octanol–water partition coefficient (Wildman–Crippen LogP) is 4.87. The number of nitrogens with two attached hydrogens (primary N) is 1. The van der Waals surface area contributed by atoms with Crippen molar-refractivity contribution in [3.63, 3.8) is 0 Å². The summed E-state index contributed by atoms with van der Waals surface area (Å²) in [6.45, 7) is 0. The second-order valence-electron chi connectivity index (χ2n) is 6.72. The van der Waals surface area contributed by atoms with Crippen LogP contribution >= 0.6 is 11.3 Å². The first kappa shape index (κ1) is 18.0. The highest BCUT2D eigenvalue weighted by Gasteiger charge is 2.10. The molecule has 0 saturated carbocycles. The topological polar surface area (TPSA) is 71.2 Å². The summed E-state index contributed by atoms with van der Waals surface area (Å²) >= 11 is 1.35. The van der Waals surface area contributed by atoms with Crippen LogP contribution < -0.4 is 16.0 Å². The van der Waals surface area contributed by atoms with E-state index in [1.807, 2.05) is 32.3 Å². The molecule has 0 fully saturated rings. The van der Waals surface area contributed by atoms with E-state index in [-0.39, 0.29) is 0 Å². The van der Waals surface area contributed by atoms with Gasteiger partial charge >= 0.3 is 0 Å². The van der Waals surface area contributed by atoms with Gasteiger partial charge in [-0.3, -0.25) is 9.78 Å². The van der Waals surface area contributed by atoms with Crippen LogP contribution in [0.5, 0.6) is 0 Å². The Hall–Kier alpha value is -3.38. The van der Waals surface area contributed by atoms with E-state index in [4.69, 9.17) is 5.73 Å². The van der Waals surface area contributed by atoms with Gasteiger partial charge in [0, 0.05) is 37.1 Å². The number of hydrogen-bond acceptors (Lipinski definition) is 5. The monoisotopic (exact) mass is 388 g/mol. The van der Waals surface area contributed by atoms with Crippen molar-refractivity contribution in [3.8, 4) is 11.1 Å². The number of amides is 1. The van der Waals surface area contributed by atoms with Gasteiger partial charge in [0.1, 0.15) is 0 Å². The summed E-state index contributed by atoms with van der Waals surface area (Å²) in [6, 6.07) is 18.5. The number of fused-ring (bicyclic) bond motifs is 1. The molecule has 0 unspecified atom stereocenters. The molecule has 0 aliphatic heterocycles. The van der Waals surface area contributed by atoms with E-state index in [0.717, 1.165) is 27.0 Å². The number of rotatable bonds is 5. The molecular formula is C22H20N4OS. The molecule has 0 atom stereocenters. The third-order valence-electron chi connectivity index (χ3n) is 4.57. The second kappa shape index (κ2) is 7.32. The van der Waals surface area contributed by atoms with Crippen molar-refractivity contribution < 1.29 is 4.79 Å². The average molecular weight is 388 g/mol. The summed E-state index contributed by atoms with van der Waals surface area (Å²) < 4.78 is 0.927. The molecule has 0 bridgehead atoms. The van der Waals surface area contributed by atoms with Crippen LogP contribution in [0.2, 0.25) is 0 Å². The lowest BCUT2D eigenvalue weighted by atomic mass is 10.0. The molecule has 1 amide bonds. The average Bonchev–Trinajstić information content (AvgIpc) is 3.14. The Morgan fingerprint density at radius 1 is 1.00 bits per heavy atom. The Kier molecular flexibility index (Phi) is 4.71. The van der Waals surface area contributed by atoms with Crippen molar-refractivity contribution in [3.05, 3.63) is 71.9 Å². The Bertz CT molecular complexity index is 1130. The van der Waals surface area contributed by atoms with Gasteiger partial charge in [-0.1, -0.05) is 24.3 Å². The lowest BCUT2D eigenvalue weighted by Gasteiger charge is -2.13. The minimum absolute atomic E-state index is 0.420. The Morgan fingerprint density at radius 3 is 2.25 bits per heavy atom. The maximum absolute atomic E-state index is 11.5. The molecule has 28 heavy (non-hydrogen) atoms. The number of thiophene rings is 1. The molecule has 3 N–H and O–H groups in total. The molecule has 4 aromatic rings. The molecule has 0 aliphatic carbocycles. The normalized spacial score (nSPS) is 10.8. The summed E-state index contributed by atoms with van der Waals surface area (Å²) in [7, 11) is 4.06. The van der Waals surface area contributed by atoms with Crippen LogP contribution in [0.3, 0.4) is 0 Å². The van der Waals surface area contributed by atoms with Gasteiger partial charge in [0.05, 0.1) is 21.5 Å². The number of primary amides is 1. The zero-order chi connectivity index (χ0) is 19.7. The third-order valence-corrected chi connectivity index (χ3v) is 5.65. The number of hydrogen-bond donors (Lipinski definition) is 2. The second-order valence-corrected chi connectivity index (χ2v) is 7.80. The summed E-state index contributed by atoms with van der Waals surface area (Å²) in [4.78, 5) is 18.3. The van der Waals surface area contributed by atoms with Crippen LogP contribution in [-0.2, 0) is 0 Å². The number of nitrogens with zero attached hydrogens (tertiary/aromatic N) is 2. The van der Waals surface area contributed by atoms with Gasteiger partial charge < -0.3 is 16.0 Å². The van der Waals surface area contributed by atoms with Crippen molar-refractivity contribution >= 4 is 44.4 Å². The number of pyridine rings is 1. The number of benzene rings is 2. The summed E-state index contributed by atoms with van der Waals surface area (Å²) in [6.07, 6.45) is 3.51. The van der Waals surface area contributed by atoms with Crippen LogP contribution in [-0.4, -0.2) is 25.0 Å². The van der Waals surface area contributed by atoms with Crippen molar-refractivity contribution in [2.45, 2.75) is 0 Å². The molecular weight excluding hydrogens is 368 g/mol. The van der Waals surface area contributed by atoms with Gasteiger partial charge in [0.25, 0.3) is 5.91 Å². The number of anilines is 3. The molecule has 140 valence electrons. The van der Waals surface area contributed by atoms with E-state index in [2.05, 4.69) is 51.6 Å². The zero-order valence-electron chi connectivity index (χ0n) is 15.6. The molecule has 0 spiro atoms. The highest BCUT2D eigenvalue weighted by molar-refractivity contribution is 7.20. The van der Waals surface area contributed by atoms with Crippen molar-refractivity contribution in [1.29, 1.82) is 0 Å². The number of carbonyl (C=O) groups is 1. The van der Waals surface area contributed by atoms with Gasteiger partial charge in [-0.05, 0) is 41.5 Å². The van der Waals surface area contributed by atoms with E-state index >= 15 is 0 Å². The van der Waals surface area contributed by atoms with Crippen molar-refractivity contribution in [1.82, 2.24) is 4.98 Å². The van der Waals surface area contributed by atoms with Gasteiger partial charge in [-0.15, -0.1) is 11.3 Å². The quantitative estimate of drug-likeness (QED) is 0.512. The number of aromatic nitrogens is 1. The van der Waals surface area contributed by atoms with E-state index in [0.29, 0.717) is 4.88 Å². The van der Waals surface area contributed by atoms with E-state index in [9.17, 15) is 4.79 Å². The molecule has 2 aromatic heterocycles. The first-order valence-corrected chi connectivity index (χ1v) is 9.65. The molecule has 0 saturated heterocycles. The molecule has 6 heteroatoms. The van der Waals surface area contributed by atoms with E-state index in [1.54, 1.807) is 12.4 Å². The first-order chi connectivity index (χ1) is 13.5. The van der Waals surface area contributed by atoms with Crippen molar-refractivity contribution in [2.24, 2.45) is 5.73 Å². The standard InChI is InChI=1S/C22H20N4OS/c1-26(2)17-9-5-15(6-10-17)14-3-7-16(8-4-14)25-19-12-24-13-21-18(19)11-20(28-21)22(23)27/h3-13,25H,1-2H3,(H2,23,27). The van der Waals surface area contributed by atoms with E-state index in [1.165, 1.54) is 22.6 Å². The summed E-state index contributed by atoms with van der Waals surface area (Å²) in [5.74, 6) is -0.420. The first-order valence-electron chi connectivity index (χ1n) is 8.83. The summed E-state index contributed by atoms with van der Waals surface area (Å²) in [5.41, 5.74) is 10.7. The lowest BCUT2D eigenvalue weighted by Crippen LogP contribution is -2.08. The fourth-order valence-electron chi connectivity index (χ4n) is 3.04. The molecule has 4 rings (SSSR count). The van der Waals surface area contributed by atoms with Gasteiger partial charge in [-0.25, -0.2) is 0 Å². The smallest absolute Gasteiger partial charge is 0.258 e. The molecule has 5 nitrogen and oxygen atoms in total. The SMILES string of the molecule is CN(C)c1ccc(-c2ccc(Nc3cncc4sc(C(N)=O)cc34)cc2)cc1. The Morgan fingerprint density at radius 2 is 1.64 bits per heavy atom. The predicted molar refractivity (Wildman–Crippen MR) is 118 cm³/mol.